The van der Waals surface area contributed by atoms with Gasteiger partial charge in [0.25, 0.3) is 0 Å². The van der Waals surface area contributed by atoms with Gasteiger partial charge in [0.1, 0.15) is 0 Å². The van der Waals surface area contributed by atoms with Crippen LogP contribution in [-0.4, -0.2) is 50.1 Å². The Balaban J connectivity index is 2.09. The van der Waals surface area contributed by atoms with Gasteiger partial charge in [-0.15, -0.1) is 0 Å². The fourth-order valence-corrected chi connectivity index (χ4v) is 3.23. The summed E-state index contributed by atoms with van der Waals surface area (Å²) in [6.45, 7) is 5.88. The summed E-state index contributed by atoms with van der Waals surface area (Å²) < 4.78 is 4.97. The lowest BCUT2D eigenvalue weighted by molar-refractivity contribution is -0.134. The maximum Gasteiger partial charge on any atom is 0.225 e. The molecule has 5 nitrogen and oxygen atoms in total. The summed E-state index contributed by atoms with van der Waals surface area (Å²) in [6.07, 6.45) is 1.78. The first-order chi connectivity index (χ1) is 11.5. The second kappa shape index (κ2) is 8.83. The average molecular weight is 332 g/mol. The van der Waals surface area contributed by atoms with E-state index in [4.69, 9.17) is 4.74 Å². The van der Waals surface area contributed by atoms with E-state index in [9.17, 15) is 9.59 Å². The van der Waals surface area contributed by atoms with Crippen LogP contribution in [0.25, 0.3) is 0 Å². The van der Waals surface area contributed by atoms with Gasteiger partial charge in [0.05, 0.1) is 12.5 Å². The number of hydrogen-bond acceptors (Lipinski definition) is 3. The van der Waals surface area contributed by atoms with E-state index < -0.39 is 0 Å². The number of piperidine rings is 1. The van der Waals surface area contributed by atoms with Crippen LogP contribution in [0.15, 0.2) is 24.3 Å². The number of hydrogen-bond donors (Lipinski definition) is 1. The van der Waals surface area contributed by atoms with Crippen LogP contribution in [0.5, 0.6) is 0 Å². The minimum atomic E-state index is -0.171. The highest BCUT2D eigenvalue weighted by Crippen LogP contribution is 2.30. The zero-order valence-electron chi connectivity index (χ0n) is 14.9. The number of carbonyl (C=O) groups is 2. The van der Waals surface area contributed by atoms with Crippen molar-refractivity contribution in [2.45, 2.75) is 32.6 Å². The van der Waals surface area contributed by atoms with Crippen LogP contribution in [0.2, 0.25) is 0 Å². The Hall–Kier alpha value is -1.88. The van der Waals surface area contributed by atoms with Crippen LogP contribution in [-0.2, 0) is 20.7 Å². The summed E-state index contributed by atoms with van der Waals surface area (Å²) in [4.78, 5) is 26.1. The lowest BCUT2D eigenvalue weighted by Crippen LogP contribution is -2.47. The minimum Gasteiger partial charge on any atom is -0.383 e. The van der Waals surface area contributed by atoms with Gasteiger partial charge in [-0.2, -0.15) is 0 Å². The first-order valence-corrected chi connectivity index (χ1v) is 8.66. The van der Waals surface area contributed by atoms with Crippen LogP contribution < -0.4 is 5.32 Å². The zero-order valence-corrected chi connectivity index (χ0v) is 14.9. The minimum absolute atomic E-state index is 0.00757. The van der Waals surface area contributed by atoms with Crippen LogP contribution in [0, 0.1) is 5.92 Å². The zero-order chi connectivity index (χ0) is 17.5. The van der Waals surface area contributed by atoms with Crippen molar-refractivity contribution >= 4 is 11.8 Å². The second-order valence-corrected chi connectivity index (χ2v) is 6.43. The van der Waals surface area contributed by atoms with E-state index in [1.807, 2.05) is 0 Å². The molecular weight excluding hydrogens is 304 g/mol. The number of aryl methyl sites for hydroxylation is 1. The summed E-state index contributed by atoms with van der Waals surface area (Å²) >= 11 is 0. The molecule has 5 heteroatoms. The van der Waals surface area contributed by atoms with Gasteiger partial charge in [-0.3, -0.25) is 9.59 Å². The fraction of sp³-hybridized carbons (Fsp3) is 0.579. The summed E-state index contributed by atoms with van der Waals surface area (Å²) in [5.74, 6) is 0.0647. The Labute approximate surface area is 144 Å². The third kappa shape index (κ3) is 4.81. The van der Waals surface area contributed by atoms with Crippen molar-refractivity contribution < 1.29 is 14.3 Å². The van der Waals surface area contributed by atoms with Crippen LogP contribution in [0.1, 0.15) is 37.3 Å². The molecular formula is C19H28N2O3. The van der Waals surface area contributed by atoms with E-state index in [2.05, 4.69) is 36.5 Å². The van der Waals surface area contributed by atoms with Crippen molar-refractivity contribution in [3.8, 4) is 0 Å². The number of ether oxygens (including phenoxy) is 1. The normalized spacial score (nSPS) is 20.7. The van der Waals surface area contributed by atoms with Crippen LogP contribution in [0.4, 0.5) is 0 Å². The maximum absolute atomic E-state index is 12.4. The molecule has 24 heavy (non-hydrogen) atoms. The number of benzene rings is 1. The van der Waals surface area contributed by atoms with Gasteiger partial charge in [-0.05, 0) is 24.0 Å². The number of nitrogens with one attached hydrogen (secondary N) is 1. The number of methoxy groups -OCH3 is 1. The molecule has 1 aliphatic heterocycles. The lowest BCUT2D eigenvalue weighted by Gasteiger charge is -2.37. The number of likely N-dealkylation sites (tertiary alicyclic amines) is 1. The monoisotopic (exact) mass is 332 g/mol. The number of carbonyl (C=O) groups excluding carboxylic acids is 2. The molecule has 2 rings (SSSR count). The Kier molecular flexibility index (Phi) is 6.79. The lowest BCUT2D eigenvalue weighted by atomic mass is 9.83. The fourth-order valence-electron chi connectivity index (χ4n) is 3.23. The Bertz CT molecular complexity index is 556. The molecule has 2 atom stereocenters. The summed E-state index contributed by atoms with van der Waals surface area (Å²) in [7, 11) is 1.61. The topological polar surface area (TPSA) is 58.6 Å². The first kappa shape index (κ1) is 18.5. The third-order valence-corrected chi connectivity index (χ3v) is 4.73. The van der Waals surface area contributed by atoms with Crippen LogP contribution in [0.3, 0.4) is 0 Å². The van der Waals surface area contributed by atoms with Crippen molar-refractivity contribution in [1.29, 1.82) is 0 Å². The Morgan fingerprint density at radius 3 is 2.54 bits per heavy atom. The Morgan fingerprint density at radius 1 is 1.25 bits per heavy atom. The van der Waals surface area contributed by atoms with E-state index in [0.717, 1.165) is 12.8 Å². The van der Waals surface area contributed by atoms with Gasteiger partial charge in [0.15, 0.2) is 0 Å². The molecule has 1 aliphatic rings. The van der Waals surface area contributed by atoms with E-state index in [-0.39, 0.29) is 23.7 Å². The number of rotatable bonds is 6. The van der Waals surface area contributed by atoms with Gasteiger partial charge >= 0.3 is 0 Å². The van der Waals surface area contributed by atoms with Crippen LogP contribution >= 0.6 is 0 Å². The molecule has 0 bridgehead atoms. The molecule has 1 N–H and O–H groups in total. The molecule has 1 fully saturated rings. The van der Waals surface area contributed by atoms with Crippen molar-refractivity contribution in [3.63, 3.8) is 0 Å². The molecule has 1 heterocycles. The maximum atomic E-state index is 12.4. The number of nitrogens with zero attached hydrogens (tertiary/aromatic N) is 1. The molecule has 1 aromatic rings. The molecule has 2 amide bonds. The van der Waals surface area contributed by atoms with E-state index in [1.165, 1.54) is 11.1 Å². The molecule has 1 aromatic carbocycles. The summed E-state index contributed by atoms with van der Waals surface area (Å²) in [5.41, 5.74) is 2.50. The number of amides is 2. The highest BCUT2D eigenvalue weighted by molar-refractivity contribution is 5.81. The van der Waals surface area contributed by atoms with E-state index >= 15 is 0 Å². The largest absolute Gasteiger partial charge is 0.383 e. The molecule has 0 aromatic heterocycles. The van der Waals surface area contributed by atoms with Crippen molar-refractivity contribution in [1.82, 2.24) is 10.2 Å². The van der Waals surface area contributed by atoms with Gasteiger partial charge in [-0.25, -0.2) is 0 Å². The van der Waals surface area contributed by atoms with Gasteiger partial charge in [-0.1, -0.05) is 31.2 Å². The highest BCUT2D eigenvalue weighted by Gasteiger charge is 2.33. The average Bonchev–Trinajstić information content (AvgIpc) is 2.61. The second-order valence-electron chi connectivity index (χ2n) is 6.43. The van der Waals surface area contributed by atoms with Crippen molar-refractivity contribution in [3.05, 3.63) is 35.4 Å². The molecule has 132 valence electrons. The standard InChI is InChI=1S/C19H28N2O3/c1-4-15-5-7-16(8-6-15)17-11-18(13-21(12-17)14(2)22)19(23)20-9-10-24-3/h5-8,17-18H,4,9-13H2,1-3H3,(H,20,23). The molecule has 0 radical (unpaired) electrons. The SMILES string of the molecule is CCc1ccc(C2CC(C(=O)NCCOC)CN(C(C)=O)C2)cc1. The molecule has 0 saturated carbocycles. The summed E-state index contributed by atoms with van der Waals surface area (Å²) in [6, 6.07) is 8.53. The molecule has 1 saturated heterocycles. The van der Waals surface area contributed by atoms with E-state index in [0.29, 0.717) is 26.2 Å². The highest BCUT2D eigenvalue weighted by atomic mass is 16.5. The molecule has 0 spiro atoms. The van der Waals surface area contributed by atoms with E-state index in [1.54, 1.807) is 18.9 Å². The molecule has 0 aliphatic carbocycles. The van der Waals surface area contributed by atoms with Gasteiger partial charge < -0.3 is 15.0 Å². The van der Waals surface area contributed by atoms with Gasteiger partial charge in [0, 0.05) is 39.6 Å². The quantitative estimate of drug-likeness (QED) is 0.810. The smallest absolute Gasteiger partial charge is 0.225 e. The van der Waals surface area contributed by atoms with Crippen molar-refractivity contribution in [2.75, 3.05) is 33.4 Å². The summed E-state index contributed by atoms with van der Waals surface area (Å²) in [5, 5.41) is 2.90. The predicted molar refractivity (Wildman–Crippen MR) is 93.8 cm³/mol. The predicted octanol–water partition coefficient (Wildman–Crippen LogP) is 1.96. The van der Waals surface area contributed by atoms with Crippen molar-refractivity contribution in [2.24, 2.45) is 5.92 Å². The Morgan fingerprint density at radius 2 is 1.96 bits per heavy atom. The third-order valence-electron chi connectivity index (χ3n) is 4.73. The molecule has 2 unspecified atom stereocenters. The van der Waals surface area contributed by atoms with Gasteiger partial charge in [0.2, 0.25) is 11.8 Å². The first-order valence-electron chi connectivity index (χ1n) is 8.66.